The van der Waals surface area contributed by atoms with E-state index in [1.165, 1.54) is 19.1 Å². The van der Waals surface area contributed by atoms with Gasteiger partial charge in [-0.15, -0.1) is 0 Å². The van der Waals surface area contributed by atoms with Crippen molar-refractivity contribution in [2.24, 2.45) is 0 Å². The number of Topliss-reactive ketones (excluding diaryl/α,β-unsaturated/α-hetero) is 1. The molecule has 0 spiro atoms. The first kappa shape index (κ1) is 22.5. The predicted molar refractivity (Wildman–Crippen MR) is 134 cm³/mol. The fourth-order valence-corrected chi connectivity index (χ4v) is 5.14. The lowest BCUT2D eigenvalue weighted by Crippen LogP contribution is -2.37. The third kappa shape index (κ3) is 4.10. The summed E-state index contributed by atoms with van der Waals surface area (Å²) in [6.07, 6.45) is 0.896. The van der Waals surface area contributed by atoms with Gasteiger partial charge in [0, 0.05) is 36.7 Å². The number of amides is 1. The molecular weight excluding hydrogens is 442 g/mol. The quantitative estimate of drug-likeness (QED) is 0.387. The lowest BCUT2D eigenvalue weighted by molar-refractivity contribution is -0.384. The van der Waals surface area contributed by atoms with Crippen molar-refractivity contribution in [1.82, 2.24) is 0 Å². The summed E-state index contributed by atoms with van der Waals surface area (Å²) in [5, 5.41) is 15.0. The number of anilines is 2. The van der Waals surface area contributed by atoms with Gasteiger partial charge in [-0.2, -0.15) is 0 Å². The normalized spacial score (nSPS) is 19.4. The summed E-state index contributed by atoms with van der Waals surface area (Å²) in [7, 11) is 0. The molecule has 176 valence electrons. The van der Waals surface area contributed by atoms with Crippen molar-refractivity contribution in [2.75, 3.05) is 10.2 Å². The summed E-state index contributed by atoms with van der Waals surface area (Å²) < 4.78 is 0. The Morgan fingerprint density at radius 2 is 1.74 bits per heavy atom. The van der Waals surface area contributed by atoms with Crippen LogP contribution in [0.2, 0.25) is 0 Å². The number of fused-ring (bicyclic) bond motifs is 1. The smallest absolute Gasteiger partial charge is 0.269 e. The number of carbonyl (C=O) groups is 2. The third-order valence-corrected chi connectivity index (χ3v) is 6.77. The van der Waals surface area contributed by atoms with Crippen LogP contribution in [0.3, 0.4) is 0 Å². The van der Waals surface area contributed by atoms with Crippen LogP contribution in [0.4, 0.5) is 17.1 Å². The summed E-state index contributed by atoms with van der Waals surface area (Å²) in [5.74, 6) is -0.325. The van der Waals surface area contributed by atoms with E-state index in [1.54, 1.807) is 17.0 Å². The molecule has 0 fully saturated rings. The average molecular weight is 468 g/mol. The number of nitrogens with one attached hydrogen (secondary N) is 1. The van der Waals surface area contributed by atoms with Gasteiger partial charge in [0.1, 0.15) is 0 Å². The first-order chi connectivity index (χ1) is 16.8. The second kappa shape index (κ2) is 8.83. The van der Waals surface area contributed by atoms with Crippen LogP contribution in [0.25, 0.3) is 0 Å². The molecule has 7 nitrogen and oxygen atoms in total. The summed E-state index contributed by atoms with van der Waals surface area (Å²) in [6.45, 7) is 3.48. The Balaban J connectivity index is 1.71. The topological polar surface area (TPSA) is 92.6 Å². The second-order valence-corrected chi connectivity index (χ2v) is 9.12. The number of allylic oxidation sites excluding steroid dienone is 1. The largest absolute Gasteiger partial charge is 0.357 e. The van der Waals surface area contributed by atoms with E-state index in [1.807, 2.05) is 43.3 Å². The Bertz CT molecular complexity index is 1380. The molecule has 1 amide bonds. The maximum atomic E-state index is 13.8. The van der Waals surface area contributed by atoms with Gasteiger partial charge in [0.2, 0.25) is 5.91 Å². The van der Waals surface area contributed by atoms with Gasteiger partial charge >= 0.3 is 0 Å². The molecule has 1 heterocycles. The van der Waals surface area contributed by atoms with Crippen LogP contribution in [0.5, 0.6) is 0 Å². The van der Waals surface area contributed by atoms with Crippen molar-refractivity contribution in [1.29, 1.82) is 0 Å². The molecule has 1 N–H and O–H groups in total. The van der Waals surface area contributed by atoms with Crippen LogP contribution in [-0.2, 0) is 9.59 Å². The lowest BCUT2D eigenvalue weighted by atomic mass is 9.78. The minimum atomic E-state index is -0.773. The van der Waals surface area contributed by atoms with Crippen molar-refractivity contribution in [3.8, 4) is 0 Å². The molecule has 3 aromatic carbocycles. The zero-order chi connectivity index (χ0) is 24.7. The summed E-state index contributed by atoms with van der Waals surface area (Å²) >= 11 is 0. The SMILES string of the molecule is CC(=O)N1c2ccccc2NC2=C(C(=O)C[C@@H](c3ccc(C)cc3)C2)[C@H]1c1cccc([N+](=O)[O-])c1. The maximum absolute atomic E-state index is 13.8. The van der Waals surface area contributed by atoms with Gasteiger partial charge in [-0.3, -0.25) is 24.6 Å². The number of benzene rings is 3. The van der Waals surface area contributed by atoms with Crippen LogP contribution >= 0.6 is 0 Å². The molecule has 0 bridgehead atoms. The number of para-hydroxylation sites is 2. The van der Waals surface area contributed by atoms with Crippen LogP contribution in [0.1, 0.15) is 48.4 Å². The molecule has 35 heavy (non-hydrogen) atoms. The number of nitro groups is 1. The summed E-state index contributed by atoms with van der Waals surface area (Å²) in [4.78, 5) is 39.5. The molecule has 2 aliphatic rings. The number of hydrogen-bond acceptors (Lipinski definition) is 5. The van der Waals surface area contributed by atoms with Crippen LogP contribution in [-0.4, -0.2) is 16.6 Å². The number of nitro benzene ring substituents is 1. The number of non-ortho nitro benzene ring substituents is 1. The van der Waals surface area contributed by atoms with Crippen LogP contribution in [0, 0.1) is 17.0 Å². The van der Waals surface area contributed by atoms with E-state index in [9.17, 15) is 19.7 Å². The number of ketones is 1. The van der Waals surface area contributed by atoms with Crippen LogP contribution < -0.4 is 10.2 Å². The molecular formula is C28H25N3O4. The molecule has 5 rings (SSSR count). The highest BCUT2D eigenvalue weighted by Crippen LogP contribution is 2.47. The Hall–Kier alpha value is -4.26. The van der Waals surface area contributed by atoms with Gasteiger partial charge in [0.15, 0.2) is 5.78 Å². The van der Waals surface area contributed by atoms with E-state index in [-0.39, 0.29) is 23.3 Å². The van der Waals surface area contributed by atoms with E-state index in [2.05, 4.69) is 17.4 Å². The van der Waals surface area contributed by atoms with Crippen molar-refractivity contribution < 1.29 is 14.5 Å². The highest BCUT2D eigenvalue weighted by atomic mass is 16.6. The van der Waals surface area contributed by atoms with Gasteiger partial charge in [-0.25, -0.2) is 0 Å². The highest BCUT2D eigenvalue weighted by Gasteiger charge is 2.41. The number of hydrogen-bond donors (Lipinski definition) is 1. The Labute approximate surface area is 203 Å². The standard InChI is InChI=1S/C28H25N3O4/c1-17-10-12-19(13-11-17)21-15-24-27(26(33)16-21)28(20-6-5-7-22(14-20)31(34)35)30(18(2)32)25-9-4-3-8-23(25)29-24/h3-14,21,28-29H,15-16H2,1-2H3/t21-,28+/m0/s1. The van der Waals surface area contributed by atoms with Crippen molar-refractivity contribution in [3.05, 3.63) is 111 Å². The van der Waals surface area contributed by atoms with E-state index in [0.29, 0.717) is 29.7 Å². The van der Waals surface area contributed by atoms with Crippen LogP contribution in [0.15, 0.2) is 84.1 Å². The van der Waals surface area contributed by atoms with Gasteiger partial charge in [0.25, 0.3) is 5.69 Å². The zero-order valence-corrected chi connectivity index (χ0v) is 19.5. The number of nitrogens with zero attached hydrogens (tertiary/aromatic N) is 2. The fraction of sp³-hybridized carbons (Fsp3) is 0.214. The molecule has 3 aromatic rings. The molecule has 2 atom stereocenters. The van der Waals surface area contributed by atoms with E-state index in [0.717, 1.165) is 22.5 Å². The molecule has 7 heteroatoms. The van der Waals surface area contributed by atoms with Crippen molar-refractivity contribution in [2.45, 2.75) is 38.6 Å². The Morgan fingerprint density at radius 1 is 1.00 bits per heavy atom. The predicted octanol–water partition coefficient (Wildman–Crippen LogP) is 5.82. The highest BCUT2D eigenvalue weighted by molar-refractivity contribution is 6.06. The molecule has 0 saturated heterocycles. The third-order valence-electron chi connectivity index (χ3n) is 6.77. The van der Waals surface area contributed by atoms with Gasteiger partial charge in [-0.05, 0) is 42.5 Å². The minimum absolute atomic E-state index is 0.00357. The molecule has 0 aromatic heterocycles. The monoisotopic (exact) mass is 467 g/mol. The van der Waals surface area contributed by atoms with E-state index < -0.39 is 11.0 Å². The average Bonchev–Trinajstić information content (AvgIpc) is 2.99. The Kier molecular flexibility index (Phi) is 5.68. The van der Waals surface area contributed by atoms with E-state index in [4.69, 9.17) is 0 Å². The first-order valence-electron chi connectivity index (χ1n) is 11.6. The Morgan fingerprint density at radius 3 is 2.46 bits per heavy atom. The summed E-state index contributed by atoms with van der Waals surface area (Å²) in [5.41, 5.74) is 5.28. The zero-order valence-electron chi connectivity index (χ0n) is 19.5. The second-order valence-electron chi connectivity index (χ2n) is 9.12. The lowest BCUT2D eigenvalue weighted by Gasteiger charge is -2.34. The fourth-order valence-electron chi connectivity index (χ4n) is 5.14. The number of carbonyl (C=O) groups excluding carboxylic acids is 2. The number of aryl methyl sites for hydroxylation is 1. The minimum Gasteiger partial charge on any atom is -0.357 e. The summed E-state index contributed by atoms with van der Waals surface area (Å²) in [6, 6.07) is 21.1. The molecule has 1 aliphatic heterocycles. The van der Waals surface area contributed by atoms with Gasteiger partial charge in [-0.1, -0.05) is 54.1 Å². The van der Waals surface area contributed by atoms with Crippen molar-refractivity contribution in [3.63, 3.8) is 0 Å². The molecule has 0 unspecified atom stereocenters. The number of rotatable bonds is 3. The first-order valence-corrected chi connectivity index (χ1v) is 11.6. The molecule has 0 radical (unpaired) electrons. The van der Waals surface area contributed by atoms with Crippen molar-refractivity contribution >= 4 is 28.8 Å². The van der Waals surface area contributed by atoms with Gasteiger partial charge in [0.05, 0.1) is 22.3 Å². The molecule has 1 aliphatic carbocycles. The van der Waals surface area contributed by atoms with E-state index >= 15 is 0 Å². The van der Waals surface area contributed by atoms with Gasteiger partial charge < -0.3 is 5.32 Å². The maximum Gasteiger partial charge on any atom is 0.269 e. The molecule has 0 saturated carbocycles.